The van der Waals surface area contributed by atoms with Gasteiger partial charge in [-0.1, -0.05) is 60.7 Å². The lowest BCUT2D eigenvalue weighted by molar-refractivity contribution is -0.133. The molecule has 4 heteroatoms. The molecule has 0 radical (unpaired) electrons. The molecule has 0 heterocycles. The Kier molecular flexibility index (Phi) is 6.78. The van der Waals surface area contributed by atoms with Crippen LogP contribution in [0.1, 0.15) is 24.2 Å². The van der Waals surface area contributed by atoms with Gasteiger partial charge in [0.05, 0.1) is 6.10 Å². The number of amides is 1. The molecule has 0 aliphatic carbocycles. The molecule has 2 N–H and O–H groups in total. The first kappa shape index (κ1) is 17.2. The fourth-order valence-corrected chi connectivity index (χ4v) is 2.36. The summed E-state index contributed by atoms with van der Waals surface area (Å²) in [6.07, 6.45) is -0.758. The van der Waals surface area contributed by atoms with Crippen LogP contribution in [0, 0.1) is 0 Å². The van der Waals surface area contributed by atoms with Gasteiger partial charge in [-0.05, 0) is 18.1 Å². The average Bonchev–Trinajstić information content (AvgIpc) is 2.60. The molecular weight excluding hydrogens is 290 g/mol. The first-order valence-corrected chi connectivity index (χ1v) is 7.87. The number of hydrogen-bond acceptors (Lipinski definition) is 3. The van der Waals surface area contributed by atoms with E-state index in [2.05, 4.69) is 5.32 Å². The van der Waals surface area contributed by atoms with Gasteiger partial charge in [0, 0.05) is 19.6 Å². The monoisotopic (exact) mass is 313 g/mol. The van der Waals surface area contributed by atoms with E-state index < -0.39 is 12.2 Å². The molecule has 2 aromatic rings. The second kappa shape index (κ2) is 9.08. The lowest BCUT2D eigenvalue weighted by atomic mass is 10.1. The van der Waals surface area contributed by atoms with Crippen molar-refractivity contribution in [3.05, 3.63) is 71.8 Å². The Morgan fingerprint density at radius 1 is 1.09 bits per heavy atom. The van der Waals surface area contributed by atoms with Gasteiger partial charge >= 0.3 is 0 Å². The second-order valence-corrected chi connectivity index (χ2v) is 5.31. The molecule has 2 atom stereocenters. The standard InChI is InChI=1S/C19H23NO3/c1-2-23-18(13-15-9-5-3-6-10-15)19(22)20-14-17(21)16-11-7-4-8-12-16/h3-12,17-18,21H,2,13-14H2,1H3,(H,20,22). The maximum absolute atomic E-state index is 12.3. The number of nitrogens with one attached hydrogen (secondary N) is 1. The summed E-state index contributed by atoms with van der Waals surface area (Å²) in [6, 6.07) is 19.0. The molecule has 2 aromatic carbocycles. The number of carbonyl (C=O) groups is 1. The van der Waals surface area contributed by atoms with Crippen LogP contribution < -0.4 is 5.32 Å². The number of ether oxygens (including phenoxy) is 1. The largest absolute Gasteiger partial charge is 0.387 e. The zero-order chi connectivity index (χ0) is 16.5. The minimum atomic E-state index is -0.723. The van der Waals surface area contributed by atoms with E-state index in [4.69, 9.17) is 4.74 Å². The van der Waals surface area contributed by atoms with E-state index in [-0.39, 0.29) is 12.5 Å². The van der Waals surface area contributed by atoms with Gasteiger partial charge in [0.1, 0.15) is 6.10 Å². The predicted octanol–water partition coefficient (Wildman–Crippen LogP) is 2.48. The fourth-order valence-electron chi connectivity index (χ4n) is 2.36. The van der Waals surface area contributed by atoms with Crippen LogP contribution in [0.5, 0.6) is 0 Å². The zero-order valence-corrected chi connectivity index (χ0v) is 13.3. The Bertz CT molecular complexity index is 586. The SMILES string of the molecule is CCOC(Cc1ccccc1)C(=O)NCC(O)c1ccccc1. The fraction of sp³-hybridized carbons (Fsp3) is 0.316. The number of benzene rings is 2. The van der Waals surface area contributed by atoms with Gasteiger partial charge in [0.25, 0.3) is 0 Å². The lowest BCUT2D eigenvalue weighted by Crippen LogP contribution is -2.39. The van der Waals surface area contributed by atoms with Gasteiger partial charge in [0.2, 0.25) is 5.91 Å². The van der Waals surface area contributed by atoms with E-state index in [1.54, 1.807) is 0 Å². The molecule has 2 rings (SSSR count). The van der Waals surface area contributed by atoms with Crippen molar-refractivity contribution in [2.75, 3.05) is 13.2 Å². The van der Waals surface area contributed by atoms with Crippen LogP contribution in [0.3, 0.4) is 0 Å². The van der Waals surface area contributed by atoms with E-state index in [1.807, 2.05) is 67.6 Å². The summed E-state index contributed by atoms with van der Waals surface area (Å²) < 4.78 is 5.55. The molecule has 0 aliphatic rings. The molecule has 0 aromatic heterocycles. The van der Waals surface area contributed by atoms with E-state index in [0.29, 0.717) is 13.0 Å². The lowest BCUT2D eigenvalue weighted by Gasteiger charge is -2.18. The third-order valence-electron chi connectivity index (χ3n) is 3.58. The Balaban J connectivity index is 1.90. The molecule has 1 amide bonds. The van der Waals surface area contributed by atoms with E-state index >= 15 is 0 Å². The Labute approximate surface area is 137 Å². The zero-order valence-electron chi connectivity index (χ0n) is 13.3. The molecule has 23 heavy (non-hydrogen) atoms. The van der Waals surface area contributed by atoms with Crippen LogP contribution in [0.2, 0.25) is 0 Å². The van der Waals surface area contributed by atoms with E-state index in [1.165, 1.54) is 0 Å². The highest BCUT2D eigenvalue weighted by molar-refractivity contribution is 5.81. The van der Waals surface area contributed by atoms with Crippen molar-refractivity contribution in [3.8, 4) is 0 Å². The first-order chi connectivity index (χ1) is 11.2. The predicted molar refractivity (Wildman–Crippen MR) is 90.0 cm³/mol. The second-order valence-electron chi connectivity index (χ2n) is 5.31. The van der Waals surface area contributed by atoms with Crippen LogP contribution in [-0.2, 0) is 16.0 Å². The number of carbonyl (C=O) groups excluding carboxylic acids is 1. The molecular formula is C19H23NO3. The first-order valence-electron chi connectivity index (χ1n) is 7.87. The van der Waals surface area contributed by atoms with Crippen LogP contribution in [0.15, 0.2) is 60.7 Å². The van der Waals surface area contributed by atoms with Crippen molar-refractivity contribution in [1.29, 1.82) is 0 Å². The summed E-state index contributed by atoms with van der Waals surface area (Å²) in [4.78, 5) is 12.3. The summed E-state index contributed by atoms with van der Waals surface area (Å²) in [7, 11) is 0. The van der Waals surface area contributed by atoms with Crippen molar-refractivity contribution < 1.29 is 14.6 Å². The van der Waals surface area contributed by atoms with Gasteiger partial charge in [-0.3, -0.25) is 4.79 Å². The summed E-state index contributed by atoms with van der Waals surface area (Å²) >= 11 is 0. The summed E-state index contributed by atoms with van der Waals surface area (Å²) in [5.74, 6) is -0.203. The minimum absolute atomic E-state index is 0.168. The van der Waals surface area contributed by atoms with Gasteiger partial charge < -0.3 is 15.2 Å². The third kappa shape index (κ3) is 5.51. The Morgan fingerprint density at radius 3 is 2.30 bits per heavy atom. The van der Waals surface area contributed by atoms with Gasteiger partial charge in [-0.25, -0.2) is 0 Å². The average molecular weight is 313 g/mol. The van der Waals surface area contributed by atoms with Crippen molar-refractivity contribution in [2.24, 2.45) is 0 Å². The van der Waals surface area contributed by atoms with E-state index in [9.17, 15) is 9.90 Å². The van der Waals surface area contributed by atoms with Crippen LogP contribution >= 0.6 is 0 Å². The van der Waals surface area contributed by atoms with Crippen molar-refractivity contribution >= 4 is 5.91 Å². The van der Waals surface area contributed by atoms with Crippen LogP contribution in [0.4, 0.5) is 0 Å². The normalized spacial score (nSPS) is 13.3. The molecule has 0 bridgehead atoms. The van der Waals surface area contributed by atoms with Crippen molar-refractivity contribution in [2.45, 2.75) is 25.6 Å². The molecule has 4 nitrogen and oxygen atoms in total. The van der Waals surface area contributed by atoms with Gasteiger partial charge in [0.15, 0.2) is 0 Å². The van der Waals surface area contributed by atoms with Crippen LogP contribution in [-0.4, -0.2) is 30.3 Å². The quantitative estimate of drug-likeness (QED) is 0.787. The molecule has 2 unspecified atom stereocenters. The van der Waals surface area contributed by atoms with Gasteiger partial charge in [-0.15, -0.1) is 0 Å². The Morgan fingerprint density at radius 2 is 1.70 bits per heavy atom. The number of hydrogen-bond donors (Lipinski definition) is 2. The maximum atomic E-state index is 12.3. The van der Waals surface area contributed by atoms with Crippen molar-refractivity contribution in [1.82, 2.24) is 5.32 Å². The topological polar surface area (TPSA) is 58.6 Å². The molecule has 122 valence electrons. The minimum Gasteiger partial charge on any atom is -0.387 e. The van der Waals surface area contributed by atoms with E-state index in [0.717, 1.165) is 11.1 Å². The number of rotatable bonds is 8. The Hall–Kier alpha value is -2.17. The highest BCUT2D eigenvalue weighted by Gasteiger charge is 2.20. The molecule has 0 saturated heterocycles. The summed E-state index contributed by atoms with van der Waals surface area (Å²) in [5.41, 5.74) is 1.83. The summed E-state index contributed by atoms with van der Waals surface area (Å²) in [6.45, 7) is 2.50. The van der Waals surface area contributed by atoms with Crippen molar-refractivity contribution in [3.63, 3.8) is 0 Å². The number of aliphatic hydroxyl groups excluding tert-OH is 1. The highest BCUT2D eigenvalue weighted by atomic mass is 16.5. The molecule has 0 saturated carbocycles. The molecule has 0 spiro atoms. The summed E-state index contributed by atoms with van der Waals surface area (Å²) in [5, 5.41) is 12.9. The van der Waals surface area contributed by atoms with Gasteiger partial charge in [-0.2, -0.15) is 0 Å². The highest BCUT2D eigenvalue weighted by Crippen LogP contribution is 2.11. The maximum Gasteiger partial charge on any atom is 0.249 e. The smallest absolute Gasteiger partial charge is 0.249 e. The number of aliphatic hydroxyl groups is 1. The van der Waals surface area contributed by atoms with Crippen LogP contribution in [0.25, 0.3) is 0 Å². The molecule has 0 fully saturated rings. The third-order valence-corrected chi connectivity index (χ3v) is 3.58. The molecule has 0 aliphatic heterocycles.